The number of halogens is 1. The van der Waals surface area contributed by atoms with Gasteiger partial charge >= 0.3 is 5.97 Å². The van der Waals surface area contributed by atoms with E-state index in [0.717, 1.165) is 20.8 Å². The number of amides is 1. The van der Waals surface area contributed by atoms with Crippen LogP contribution < -0.4 is 10.1 Å². The van der Waals surface area contributed by atoms with E-state index in [0.29, 0.717) is 29.2 Å². The number of nitrogens with one attached hydrogen (secondary N) is 1. The second kappa shape index (κ2) is 12.0. The molecule has 0 aliphatic carbocycles. The molecule has 37 heavy (non-hydrogen) atoms. The number of nitriles is 1. The molecule has 4 rings (SSSR count). The first-order chi connectivity index (χ1) is 18.0. The van der Waals surface area contributed by atoms with Crippen molar-refractivity contribution < 1.29 is 19.1 Å². The fourth-order valence-corrected chi connectivity index (χ4v) is 3.95. The van der Waals surface area contributed by atoms with E-state index in [1.165, 1.54) is 0 Å². The van der Waals surface area contributed by atoms with Gasteiger partial charge in [-0.15, -0.1) is 0 Å². The summed E-state index contributed by atoms with van der Waals surface area (Å²) in [7, 11) is 0. The summed E-state index contributed by atoms with van der Waals surface area (Å²) in [6.07, 6.45) is 1.54. The standard InChI is InChI=1S/C30H23BrN2O4/c1-2-36-30(35)22-9-14-25(15-10-22)33-29(34)23(18-32)17-27-26-6-4-3-5-21(26)11-16-28(27)37-19-20-7-12-24(31)13-8-20/h3-17H,2,19H2,1H3,(H,33,34)/b23-17+. The first-order valence-electron chi connectivity index (χ1n) is 11.6. The molecular formula is C30H23BrN2O4. The summed E-state index contributed by atoms with van der Waals surface area (Å²) < 4.78 is 12.1. The number of hydrogen-bond acceptors (Lipinski definition) is 5. The topological polar surface area (TPSA) is 88.4 Å². The Bertz CT molecular complexity index is 1500. The molecule has 4 aromatic rings. The van der Waals surface area contributed by atoms with Crippen LogP contribution in [0.3, 0.4) is 0 Å². The minimum Gasteiger partial charge on any atom is -0.488 e. The summed E-state index contributed by atoms with van der Waals surface area (Å²) in [6.45, 7) is 2.33. The van der Waals surface area contributed by atoms with Gasteiger partial charge in [-0.05, 0) is 71.8 Å². The minimum absolute atomic E-state index is 0.0840. The van der Waals surface area contributed by atoms with Crippen LogP contribution in [0, 0.1) is 11.3 Å². The SMILES string of the molecule is CCOC(=O)c1ccc(NC(=O)/C(C#N)=C/c2c(OCc3ccc(Br)cc3)ccc3ccccc23)cc1. The van der Waals surface area contributed by atoms with E-state index in [4.69, 9.17) is 9.47 Å². The van der Waals surface area contributed by atoms with Gasteiger partial charge in [0.2, 0.25) is 0 Å². The van der Waals surface area contributed by atoms with Crippen LogP contribution in [0.5, 0.6) is 5.75 Å². The Morgan fingerprint density at radius 2 is 1.70 bits per heavy atom. The van der Waals surface area contributed by atoms with Crippen molar-refractivity contribution in [2.75, 3.05) is 11.9 Å². The highest BCUT2D eigenvalue weighted by Gasteiger charge is 2.15. The second-order valence-corrected chi connectivity index (χ2v) is 8.95. The first-order valence-corrected chi connectivity index (χ1v) is 12.4. The number of fused-ring (bicyclic) bond motifs is 1. The van der Waals surface area contributed by atoms with Gasteiger partial charge < -0.3 is 14.8 Å². The van der Waals surface area contributed by atoms with Gasteiger partial charge in [-0.25, -0.2) is 4.79 Å². The van der Waals surface area contributed by atoms with Gasteiger partial charge in [-0.1, -0.05) is 58.4 Å². The van der Waals surface area contributed by atoms with Gasteiger partial charge in [-0.3, -0.25) is 4.79 Å². The highest BCUT2D eigenvalue weighted by molar-refractivity contribution is 9.10. The Kier molecular flexibility index (Phi) is 8.34. The van der Waals surface area contributed by atoms with Crippen molar-refractivity contribution in [1.82, 2.24) is 0 Å². The van der Waals surface area contributed by atoms with E-state index in [1.807, 2.05) is 66.7 Å². The molecule has 1 amide bonds. The summed E-state index contributed by atoms with van der Waals surface area (Å²) in [5, 5.41) is 14.4. The van der Waals surface area contributed by atoms with Crippen LogP contribution >= 0.6 is 15.9 Å². The fourth-order valence-electron chi connectivity index (χ4n) is 3.69. The average Bonchev–Trinajstić information content (AvgIpc) is 2.92. The number of nitrogens with zero attached hydrogens (tertiary/aromatic N) is 1. The van der Waals surface area contributed by atoms with Crippen LogP contribution in [-0.2, 0) is 16.1 Å². The van der Waals surface area contributed by atoms with Crippen molar-refractivity contribution in [3.8, 4) is 11.8 Å². The number of anilines is 1. The lowest BCUT2D eigenvalue weighted by Crippen LogP contribution is -2.14. The number of ether oxygens (including phenoxy) is 2. The van der Waals surface area contributed by atoms with Gasteiger partial charge in [0.25, 0.3) is 5.91 Å². The van der Waals surface area contributed by atoms with Crippen molar-refractivity contribution >= 4 is 50.3 Å². The van der Waals surface area contributed by atoms with E-state index in [9.17, 15) is 14.9 Å². The molecule has 0 heterocycles. The van der Waals surface area contributed by atoms with Crippen LogP contribution in [0.25, 0.3) is 16.8 Å². The van der Waals surface area contributed by atoms with Crippen LogP contribution in [0.4, 0.5) is 5.69 Å². The maximum absolute atomic E-state index is 13.0. The summed E-state index contributed by atoms with van der Waals surface area (Å²) in [6, 6.07) is 27.6. The van der Waals surface area contributed by atoms with E-state index < -0.39 is 11.9 Å². The van der Waals surface area contributed by atoms with Crippen molar-refractivity contribution in [1.29, 1.82) is 5.26 Å². The molecule has 1 N–H and O–H groups in total. The van der Waals surface area contributed by atoms with E-state index in [2.05, 4.69) is 21.2 Å². The van der Waals surface area contributed by atoms with Crippen molar-refractivity contribution in [3.05, 3.63) is 112 Å². The Hall–Kier alpha value is -4.41. The maximum atomic E-state index is 13.0. The Morgan fingerprint density at radius 1 is 0.973 bits per heavy atom. The van der Waals surface area contributed by atoms with Crippen LogP contribution in [-0.4, -0.2) is 18.5 Å². The van der Waals surface area contributed by atoms with Crippen molar-refractivity contribution in [3.63, 3.8) is 0 Å². The van der Waals surface area contributed by atoms with Gasteiger partial charge in [-0.2, -0.15) is 5.26 Å². The number of rotatable bonds is 8. The number of hydrogen-bond donors (Lipinski definition) is 1. The lowest BCUT2D eigenvalue weighted by Gasteiger charge is -2.13. The molecule has 0 aromatic heterocycles. The summed E-state index contributed by atoms with van der Waals surface area (Å²) in [4.78, 5) is 24.8. The minimum atomic E-state index is -0.571. The van der Waals surface area contributed by atoms with Gasteiger partial charge in [0, 0.05) is 15.7 Å². The average molecular weight is 555 g/mol. The fraction of sp³-hybridized carbons (Fsp3) is 0.100. The number of benzene rings is 4. The summed E-state index contributed by atoms with van der Waals surface area (Å²) >= 11 is 3.43. The zero-order chi connectivity index (χ0) is 26.2. The molecule has 0 saturated carbocycles. The lowest BCUT2D eigenvalue weighted by molar-refractivity contribution is -0.112. The molecule has 0 spiro atoms. The molecule has 6 nitrogen and oxygen atoms in total. The van der Waals surface area contributed by atoms with Gasteiger partial charge in [0.05, 0.1) is 12.2 Å². The Balaban J connectivity index is 1.61. The molecule has 0 aliphatic heterocycles. The number of carbonyl (C=O) groups excluding carboxylic acids is 2. The van der Waals surface area contributed by atoms with Gasteiger partial charge in [0.15, 0.2) is 0 Å². The molecule has 184 valence electrons. The van der Waals surface area contributed by atoms with Crippen LogP contribution in [0.2, 0.25) is 0 Å². The lowest BCUT2D eigenvalue weighted by atomic mass is 10.0. The smallest absolute Gasteiger partial charge is 0.338 e. The third-order valence-corrected chi connectivity index (χ3v) is 6.07. The second-order valence-electron chi connectivity index (χ2n) is 8.04. The van der Waals surface area contributed by atoms with Crippen LogP contribution in [0.1, 0.15) is 28.4 Å². The van der Waals surface area contributed by atoms with Crippen molar-refractivity contribution in [2.24, 2.45) is 0 Å². The normalized spacial score (nSPS) is 11.0. The molecule has 7 heteroatoms. The quantitative estimate of drug-likeness (QED) is 0.145. The summed E-state index contributed by atoms with van der Waals surface area (Å²) in [5.74, 6) is -0.455. The zero-order valence-corrected chi connectivity index (χ0v) is 21.6. The molecule has 0 atom stereocenters. The predicted molar refractivity (Wildman–Crippen MR) is 147 cm³/mol. The molecular weight excluding hydrogens is 532 g/mol. The highest BCUT2D eigenvalue weighted by Crippen LogP contribution is 2.31. The molecule has 0 radical (unpaired) electrons. The molecule has 0 fully saturated rings. The zero-order valence-electron chi connectivity index (χ0n) is 20.0. The molecule has 0 saturated heterocycles. The van der Waals surface area contributed by atoms with Crippen LogP contribution in [0.15, 0.2) is 95.0 Å². The first kappa shape index (κ1) is 25.7. The predicted octanol–water partition coefficient (Wildman–Crippen LogP) is 6.90. The largest absolute Gasteiger partial charge is 0.488 e. The van der Waals surface area contributed by atoms with E-state index >= 15 is 0 Å². The van der Waals surface area contributed by atoms with Gasteiger partial charge in [0.1, 0.15) is 24.0 Å². The van der Waals surface area contributed by atoms with Crippen molar-refractivity contribution in [2.45, 2.75) is 13.5 Å². The highest BCUT2D eigenvalue weighted by atomic mass is 79.9. The molecule has 0 aliphatic rings. The monoisotopic (exact) mass is 554 g/mol. The Morgan fingerprint density at radius 3 is 2.41 bits per heavy atom. The maximum Gasteiger partial charge on any atom is 0.338 e. The number of carbonyl (C=O) groups is 2. The third-order valence-electron chi connectivity index (χ3n) is 5.55. The molecule has 0 unspecified atom stereocenters. The third kappa shape index (κ3) is 6.43. The molecule has 0 bridgehead atoms. The van der Waals surface area contributed by atoms with E-state index in [-0.39, 0.29) is 12.2 Å². The molecule has 4 aromatic carbocycles. The van der Waals surface area contributed by atoms with E-state index in [1.54, 1.807) is 37.3 Å². The summed E-state index contributed by atoms with van der Waals surface area (Å²) in [5.41, 5.74) is 2.36. The Labute approximate surface area is 223 Å². The number of esters is 1.